The number of ether oxygens (including phenoxy) is 16. The van der Waals surface area contributed by atoms with Crippen LogP contribution in [-0.2, 0) is 82.4 Å². The van der Waals surface area contributed by atoms with Crippen LogP contribution in [0.5, 0.6) is 17.2 Å². The molecule has 2 aromatic rings. The first kappa shape index (κ1) is 67.6. The Morgan fingerprint density at radius 1 is 0.674 bits per heavy atom. The molecule has 25 unspecified atom stereocenters. The van der Waals surface area contributed by atoms with Gasteiger partial charge >= 0.3 is 11.9 Å². The van der Waals surface area contributed by atoms with Crippen molar-refractivity contribution in [2.45, 2.75) is 255 Å². The minimum absolute atomic E-state index is 0.0161. The Morgan fingerprint density at radius 3 is 1.80 bits per heavy atom. The van der Waals surface area contributed by atoms with E-state index in [1.807, 2.05) is 0 Å². The minimum atomic E-state index is -1.92. The van der Waals surface area contributed by atoms with Crippen LogP contribution < -0.4 is 14.2 Å². The van der Waals surface area contributed by atoms with E-state index in [9.17, 15) is 45.0 Å². The van der Waals surface area contributed by atoms with Crippen LogP contribution >= 0.6 is 0 Å². The molecule has 0 spiro atoms. The van der Waals surface area contributed by atoms with E-state index in [-0.39, 0.29) is 61.3 Å². The summed E-state index contributed by atoms with van der Waals surface area (Å²) >= 11 is 0. The van der Waals surface area contributed by atoms with E-state index in [4.69, 9.17) is 75.8 Å². The lowest BCUT2D eigenvalue weighted by Crippen LogP contribution is -2.59. The first-order valence-electron chi connectivity index (χ1n) is 29.5. The number of carbonyl (C=O) groups is 4. The van der Waals surface area contributed by atoms with Gasteiger partial charge in [-0.05, 0) is 78.0 Å². The second-order valence-corrected chi connectivity index (χ2v) is 24.0. The molecule has 8 rings (SSSR count). The van der Waals surface area contributed by atoms with Crippen LogP contribution in [0.15, 0.2) is 18.2 Å². The Hall–Kier alpha value is -4.30. The van der Waals surface area contributed by atoms with Gasteiger partial charge in [-0.25, -0.2) is 0 Å². The third-order valence-corrected chi connectivity index (χ3v) is 17.0. The Morgan fingerprint density at radius 2 is 1.24 bits per heavy atom. The number of aliphatic hydroxyl groups excluding tert-OH is 5. The molecule has 25 atom stereocenters. The van der Waals surface area contributed by atoms with Crippen molar-refractivity contribution in [1.82, 2.24) is 0 Å². The molecule has 6 aliphatic rings. The van der Waals surface area contributed by atoms with E-state index in [0.717, 1.165) is 0 Å². The first-order chi connectivity index (χ1) is 40.6. The summed E-state index contributed by atoms with van der Waals surface area (Å²) in [6.45, 7) is 15.7. The maximum Gasteiger partial charge on any atom is 0.308 e. The molecule has 26 nitrogen and oxygen atoms in total. The summed E-state index contributed by atoms with van der Waals surface area (Å²) in [6.07, 6.45) is -24.6. The molecule has 0 bridgehead atoms. The number of Topliss-reactive ketones (excluding diaryl/α,β-unsaturated/α-hetero) is 2. The lowest BCUT2D eigenvalue weighted by molar-refractivity contribution is -0.334. The number of hydrogen-bond acceptors (Lipinski definition) is 26. The summed E-state index contributed by atoms with van der Waals surface area (Å²) in [5, 5.41) is 67.3. The van der Waals surface area contributed by atoms with Gasteiger partial charge in [0, 0.05) is 65.2 Å². The van der Waals surface area contributed by atoms with Gasteiger partial charge in [0.2, 0.25) is 6.29 Å². The average molecular weight is 1230 g/mol. The van der Waals surface area contributed by atoms with Crippen molar-refractivity contribution < 1.29 is 126 Å². The SMILES string of the molecule is COc1cc(OC2CC(OC(C)=O)C(OC3CC(O)C(OC)C(C)O3)C(C)O2)cc2cc3c(c(OC)c12)C(=O)C(OC1CC(OC2CC(OC4CC(C)(O)C(OC(=O)C(C)C)C(C)O4)C(O)C(C)O2)C(O)C(C)O1)C(C(OC)C(=O)C(O)C(C)O)C3. The monoisotopic (exact) mass is 1220 g/mol. The highest BCUT2D eigenvalue weighted by molar-refractivity contribution is 6.11. The average Bonchev–Trinajstić information content (AvgIpc) is 1.04. The van der Waals surface area contributed by atoms with E-state index in [1.165, 1.54) is 49.2 Å². The molecule has 5 saturated heterocycles. The fourth-order valence-electron chi connectivity index (χ4n) is 12.7. The quantitative estimate of drug-likeness (QED) is 0.0978. The Bertz CT molecular complexity index is 2650. The number of hydrogen-bond donors (Lipinski definition) is 6. The summed E-state index contributed by atoms with van der Waals surface area (Å²) in [5.74, 6) is -3.73. The van der Waals surface area contributed by atoms with Gasteiger partial charge in [0.15, 0.2) is 42.8 Å². The summed E-state index contributed by atoms with van der Waals surface area (Å²) in [6, 6.07) is 4.96. The summed E-state index contributed by atoms with van der Waals surface area (Å²) in [4.78, 5) is 54.5. The molecule has 5 fully saturated rings. The zero-order chi connectivity index (χ0) is 63.0. The van der Waals surface area contributed by atoms with Crippen LogP contribution in [0.25, 0.3) is 10.8 Å². The third-order valence-electron chi connectivity index (χ3n) is 17.0. The number of fused-ring (bicyclic) bond motifs is 2. The number of esters is 2. The van der Waals surface area contributed by atoms with Crippen molar-refractivity contribution in [3.05, 3.63) is 29.3 Å². The lowest BCUT2D eigenvalue weighted by atomic mass is 9.75. The molecule has 0 radical (unpaired) electrons. The van der Waals surface area contributed by atoms with Crippen LogP contribution in [0, 0.1) is 11.8 Å². The second-order valence-electron chi connectivity index (χ2n) is 24.0. The highest BCUT2D eigenvalue weighted by Crippen LogP contribution is 2.47. The van der Waals surface area contributed by atoms with E-state index in [1.54, 1.807) is 66.7 Å². The van der Waals surface area contributed by atoms with Gasteiger partial charge in [-0.2, -0.15) is 0 Å². The Balaban J connectivity index is 1.03. The lowest BCUT2D eigenvalue weighted by Gasteiger charge is -2.47. The van der Waals surface area contributed by atoms with Crippen molar-refractivity contribution >= 4 is 34.3 Å². The standard InChI is InChI=1S/C60H88O26/c1-24(2)59(69)86-58-30(8)79-45(23-60(58,10)70)83-39-20-43(75-26(4)50(39)66)82-38-21-44(76-27(5)49(38)65)85-56-35(55(73-13)52(68)48(64)25(3)61)17-33-15-32-16-34(18-37(71-11)46(32)57(74-14)47(33)51(56)67)81-42-22-40(80-31(9)62)54(29(7)78-42)84-41-19-36(63)53(72-12)28(6)77-41/h15-16,18,24-30,35-36,38-45,48-50,53-56,58,61,63-66,70H,17,19-23H2,1-14H3. The number of benzene rings is 2. The Labute approximate surface area is 500 Å². The van der Waals surface area contributed by atoms with Crippen molar-refractivity contribution in [1.29, 1.82) is 0 Å². The van der Waals surface area contributed by atoms with Crippen LogP contribution in [0.4, 0.5) is 0 Å². The number of ketones is 2. The molecule has 6 N–H and O–H groups in total. The predicted molar refractivity (Wildman–Crippen MR) is 297 cm³/mol. The smallest absolute Gasteiger partial charge is 0.308 e. The molecule has 5 aliphatic heterocycles. The molecular weight excluding hydrogens is 1140 g/mol. The van der Waals surface area contributed by atoms with Gasteiger partial charge in [-0.3, -0.25) is 19.2 Å². The molecule has 2 aromatic carbocycles. The largest absolute Gasteiger partial charge is 0.496 e. The summed E-state index contributed by atoms with van der Waals surface area (Å²) in [5.41, 5.74) is -1.10. The fourth-order valence-corrected chi connectivity index (χ4v) is 12.7. The summed E-state index contributed by atoms with van der Waals surface area (Å²) < 4.78 is 97.4. The third kappa shape index (κ3) is 14.8. The summed E-state index contributed by atoms with van der Waals surface area (Å²) in [7, 11) is 5.51. The zero-order valence-electron chi connectivity index (χ0n) is 51.3. The van der Waals surface area contributed by atoms with Crippen LogP contribution in [-0.4, -0.2) is 230 Å². The second kappa shape index (κ2) is 28.3. The molecule has 0 saturated carbocycles. The van der Waals surface area contributed by atoms with Crippen LogP contribution in [0.2, 0.25) is 0 Å². The number of carbonyl (C=O) groups excluding carboxylic acids is 4. The molecule has 86 heavy (non-hydrogen) atoms. The number of rotatable bonds is 21. The van der Waals surface area contributed by atoms with Gasteiger partial charge in [0.25, 0.3) is 0 Å². The minimum Gasteiger partial charge on any atom is -0.496 e. The molecule has 5 heterocycles. The van der Waals surface area contributed by atoms with Crippen molar-refractivity contribution in [2.24, 2.45) is 11.8 Å². The van der Waals surface area contributed by atoms with Gasteiger partial charge < -0.3 is 106 Å². The maximum absolute atomic E-state index is 15.4. The molecule has 1 aliphatic carbocycles. The van der Waals surface area contributed by atoms with E-state index in [2.05, 4.69) is 0 Å². The van der Waals surface area contributed by atoms with Crippen molar-refractivity contribution in [2.75, 3.05) is 28.4 Å². The van der Waals surface area contributed by atoms with E-state index in [0.29, 0.717) is 16.3 Å². The van der Waals surface area contributed by atoms with E-state index >= 15 is 4.79 Å². The van der Waals surface area contributed by atoms with Gasteiger partial charge in [-0.1, -0.05) is 13.8 Å². The topological polar surface area (TPSA) is 337 Å². The predicted octanol–water partition coefficient (Wildman–Crippen LogP) is 2.48. The first-order valence-corrected chi connectivity index (χ1v) is 29.5. The van der Waals surface area contributed by atoms with E-state index < -0.39 is 182 Å². The zero-order valence-corrected chi connectivity index (χ0v) is 51.3. The van der Waals surface area contributed by atoms with Crippen LogP contribution in [0.1, 0.15) is 117 Å². The normalized spacial score (nSPS) is 38.8. The molecule has 484 valence electrons. The van der Waals surface area contributed by atoms with Crippen molar-refractivity contribution in [3.8, 4) is 17.2 Å². The number of methoxy groups -OCH3 is 4. The molecule has 26 heteroatoms. The molecular formula is C60H88O26. The maximum atomic E-state index is 15.4. The number of aliphatic hydroxyl groups is 6. The highest BCUT2D eigenvalue weighted by Gasteiger charge is 2.53. The molecule has 0 amide bonds. The van der Waals surface area contributed by atoms with Gasteiger partial charge in [-0.15, -0.1) is 0 Å². The fraction of sp³-hybridized carbons (Fsp3) is 0.767. The van der Waals surface area contributed by atoms with Crippen molar-refractivity contribution in [3.63, 3.8) is 0 Å². The van der Waals surface area contributed by atoms with Gasteiger partial charge in [0.05, 0.1) is 86.0 Å². The van der Waals surface area contributed by atoms with Crippen LogP contribution in [0.3, 0.4) is 0 Å². The molecule has 0 aromatic heterocycles. The Kier molecular flexibility index (Phi) is 22.2. The van der Waals surface area contributed by atoms with Gasteiger partial charge in [0.1, 0.15) is 71.7 Å². The highest BCUT2D eigenvalue weighted by atomic mass is 16.7.